The van der Waals surface area contributed by atoms with Crippen molar-refractivity contribution in [1.82, 2.24) is 15.0 Å². The van der Waals surface area contributed by atoms with E-state index in [4.69, 9.17) is 0 Å². The number of unbranched alkanes of at least 4 members (excludes halogenated alkanes) is 1. The average Bonchev–Trinajstić information content (AvgIpc) is 2.26. The first kappa shape index (κ1) is 7.97. The Hall–Kier alpha value is -1.13. The number of nitrogens with zero attached hydrogens (tertiary/aromatic N) is 4. The van der Waals surface area contributed by atoms with Gasteiger partial charge in [-0.25, -0.2) is 0 Å². The van der Waals surface area contributed by atoms with Crippen molar-refractivity contribution in [3.05, 3.63) is 0 Å². The van der Waals surface area contributed by atoms with Gasteiger partial charge in [-0.15, -0.1) is 0 Å². The number of aryl methyl sites for hydroxylation is 2. The fraction of sp³-hybridized carbons (Fsp3) is 0.833. The van der Waals surface area contributed by atoms with Gasteiger partial charge in [-0.3, -0.25) is 0 Å². The van der Waals surface area contributed by atoms with E-state index in [1.807, 2.05) is 0 Å². The summed E-state index contributed by atoms with van der Waals surface area (Å²) in [5.41, 5.74) is 0. The van der Waals surface area contributed by atoms with Crippen LogP contribution in [0.15, 0.2) is 0 Å². The normalized spacial score (nSPS) is 10.4. The highest BCUT2D eigenvalue weighted by molar-refractivity contribution is 4.69. The van der Waals surface area contributed by atoms with E-state index in [1.165, 1.54) is 4.80 Å². The van der Waals surface area contributed by atoms with E-state index in [0.717, 1.165) is 19.4 Å². The molecule has 0 aliphatic rings. The lowest BCUT2D eigenvalue weighted by atomic mass is 10.3. The zero-order valence-electron chi connectivity index (χ0n) is 6.82. The predicted molar refractivity (Wildman–Crippen MR) is 35.6 cm³/mol. The summed E-state index contributed by atoms with van der Waals surface area (Å²) >= 11 is 0. The maximum atomic E-state index is 10.6. The predicted octanol–water partition coefficient (Wildman–Crippen LogP) is -1.02. The summed E-state index contributed by atoms with van der Waals surface area (Å²) < 4.78 is 0. The monoisotopic (exact) mass is 156 g/mol. The fourth-order valence-corrected chi connectivity index (χ4v) is 0.853. The van der Waals surface area contributed by atoms with Crippen molar-refractivity contribution in [3.63, 3.8) is 0 Å². The van der Waals surface area contributed by atoms with Gasteiger partial charge >= 0.3 is 0 Å². The van der Waals surface area contributed by atoms with Gasteiger partial charge in [0.25, 0.3) is 6.01 Å². The van der Waals surface area contributed by atoms with E-state index in [9.17, 15) is 5.11 Å². The molecule has 5 nitrogen and oxygen atoms in total. The Morgan fingerprint density at radius 1 is 1.64 bits per heavy atom. The lowest BCUT2D eigenvalue weighted by Gasteiger charge is -1.91. The molecule has 0 spiro atoms. The minimum atomic E-state index is -0.413. The average molecular weight is 156 g/mol. The van der Waals surface area contributed by atoms with E-state index < -0.39 is 6.01 Å². The van der Waals surface area contributed by atoms with E-state index in [0.29, 0.717) is 0 Å². The van der Waals surface area contributed by atoms with Crippen molar-refractivity contribution < 1.29 is 9.90 Å². The number of rotatable bonds is 3. The van der Waals surface area contributed by atoms with Crippen LogP contribution >= 0.6 is 0 Å². The summed E-state index contributed by atoms with van der Waals surface area (Å²) in [6.45, 7) is 2.86. The highest BCUT2D eigenvalue weighted by atomic mass is 16.3. The van der Waals surface area contributed by atoms with Crippen molar-refractivity contribution >= 4 is 0 Å². The summed E-state index contributed by atoms with van der Waals surface area (Å²) in [5.74, 6) is 0. The standard InChI is InChI=1S/C6H12N4O/c1-3-4-5-10-8-6(11)7-9(10)2/h3-5H2,1-2H3. The molecule has 0 radical (unpaired) electrons. The molecule has 0 saturated carbocycles. The van der Waals surface area contributed by atoms with Crippen LogP contribution in [0.4, 0.5) is 0 Å². The highest BCUT2D eigenvalue weighted by Gasteiger charge is 2.06. The van der Waals surface area contributed by atoms with Crippen molar-refractivity contribution in [2.75, 3.05) is 0 Å². The molecule has 5 heteroatoms. The van der Waals surface area contributed by atoms with Crippen LogP contribution in [-0.2, 0) is 13.6 Å². The number of tetrazole rings is 1. The van der Waals surface area contributed by atoms with Gasteiger partial charge in [-0.05, 0) is 16.3 Å². The number of hydrogen-bond donors (Lipinski definition) is 0. The lowest BCUT2D eigenvalue weighted by Crippen LogP contribution is -2.42. The third-order valence-corrected chi connectivity index (χ3v) is 1.48. The SMILES string of the molecule is CCCCn1nc([O-])n[n+]1C. The van der Waals surface area contributed by atoms with Gasteiger partial charge in [0, 0.05) is 0 Å². The third-order valence-electron chi connectivity index (χ3n) is 1.48. The molecular formula is C6H12N4O. The largest absolute Gasteiger partial charge is 0.820 e. The van der Waals surface area contributed by atoms with Crippen LogP contribution in [0.2, 0.25) is 0 Å². The van der Waals surface area contributed by atoms with Gasteiger partial charge < -0.3 is 5.11 Å². The molecule has 0 bridgehead atoms. The molecular weight excluding hydrogens is 144 g/mol. The quantitative estimate of drug-likeness (QED) is 0.526. The molecule has 1 heterocycles. The fourth-order valence-electron chi connectivity index (χ4n) is 0.853. The van der Waals surface area contributed by atoms with Crippen LogP contribution in [0.1, 0.15) is 19.8 Å². The number of aromatic nitrogens is 4. The molecule has 0 unspecified atom stereocenters. The topological polar surface area (TPSA) is 57.6 Å². The molecule has 0 atom stereocenters. The molecule has 0 N–H and O–H groups in total. The Kier molecular flexibility index (Phi) is 2.40. The maximum absolute atomic E-state index is 10.6. The maximum Gasteiger partial charge on any atom is 0.276 e. The van der Waals surface area contributed by atoms with E-state index in [1.54, 1.807) is 11.8 Å². The van der Waals surface area contributed by atoms with Gasteiger partial charge in [0.05, 0.1) is 5.10 Å². The Morgan fingerprint density at radius 3 is 2.82 bits per heavy atom. The van der Waals surface area contributed by atoms with Crippen LogP contribution in [0, 0.1) is 0 Å². The number of hydrogen-bond acceptors (Lipinski definition) is 3. The summed E-state index contributed by atoms with van der Waals surface area (Å²) in [4.78, 5) is 3.05. The Labute approximate surface area is 65.2 Å². The van der Waals surface area contributed by atoms with Crippen molar-refractivity contribution in [2.24, 2.45) is 7.05 Å². The Bertz CT molecular complexity index is 232. The summed E-state index contributed by atoms with van der Waals surface area (Å²) in [6, 6.07) is -0.413. The smallest absolute Gasteiger partial charge is 0.276 e. The molecule has 0 amide bonds. The second-order valence-electron chi connectivity index (χ2n) is 2.42. The minimum absolute atomic E-state index is 0.413. The molecule has 0 aliphatic heterocycles. The molecule has 0 saturated heterocycles. The van der Waals surface area contributed by atoms with Crippen molar-refractivity contribution in [1.29, 1.82) is 0 Å². The van der Waals surface area contributed by atoms with Gasteiger partial charge in [0.2, 0.25) is 0 Å². The summed E-state index contributed by atoms with van der Waals surface area (Å²) in [5, 5.41) is 17.8. The van der Waals surface area contributed by atoms with Gasteiger partial charge in [0.1, 0.15) is 13.6 Å². The lowest BCUT2D eigenvalue weighted by molar-refractivity contribution is -0.810. The molecule has 1 aromatic heterocycles. The molecule has 0 aromatic carbocycles. The van der Waals surface area contributed by atoms with Crippen LogP contribution in [0.5, 0.6) is 6.01 Å². The van der Waals surface area contributed by atoms with Crippen LogP contribution in [0.25, 0.3) is 0 Å². The second-order valence-corrected chi connectivity index (χ2v) is 2.42. The van der Waals surface area contributed by atoms with E-state index in [-0.39, 0.29) is 0 Å². The zero-order chi connectivity index (χ0) is 8.27. The molecule has 0 fully saturated rings. The third kappa shape index (κ3) is 1.89. The Morgan fingerprint density at radius 2 is 2.36 bits per heavy atom. The molecule has 0 aliphatic carbocycles. The van der Waals surface area contributed by atoms with Gasteiger partial charge in [-0.1, -0.05) is 18.1 Å². The highest BCUT2D eigenvalue weighted by Crippen LogP contribution is 1.90. The van der Waals surface area contributed by atoms with Crippen LogP contribution < -0.4 is 9.90 Å². The zero-order valence-corrected chi connectivity index (χ0v) is 6.82. The molecule has 11 heavy (non-hydrogen) atoms. The van der Waals surface area contributed by atoms with Crippen molar-refractivity contribution in [2.45, 2.75) is 26.3 Å². The second kappa shape index (κ2) is 3.32. The van der Waals surface area contributed by atoms with Gasteiger partial charge in [-0.2, -0.15) is 0 Å². The van der Waals surface area contributed by atoms with Crippen LogP contribution in [-0.4, -0.2) is 15.0 Å². The van der Waals surface area contributed by atoms with Gasteiger partial charge in [0.15, 0.2) is 0 Å². The molecule has 1 rings (SSSR count). The summed E-state index contributed by atoms with van der Waals surface area (Å²) in [6.07, 6.45) is 2.12. The first-order chi connectivity index (χ1) is 5.24. The minimum Gasteiger partial charge on any atom is -0.820 e. The van der Waals surface area contributed by atoms with E-state index in [2.05, 4.69) is 17.1 Å². The molecule has 1 aromatic rings. The summed E-state index contributed by atoms with van der Waals surface area (Å²) in [7, 11) is 1.71. The molecule has 62 valence electrons. The van der Waals surface area contributed by atoms with Crippen LogP contribution in [0.3, 0.4) is 0 Å². The first-order valence-corrected chi connectivity index (χ1v) is 3.72. The van der Waals surface area contributed by atoms with E-state index >= 15 is 0 Å². The first-order valence-electron chi connectivity index (χ1n) is 3.72. The van der Waals surface area contributed by atoms with Crippen molar-refractivity contribution in [3.8, 4) is 6.01 Å². The Balaban J connectivity index is 2.62.